The molecular formula is C17H24N3OY+. The van der Waals surface area contributed by atoms with Crippen molar-refractivity contribution in [3.05, 3.63) is 47.3 Å². The molecule has 115 valence electrons. The zero-order chi connectivity index (χ0) is 15.6. The van der Waals surface area contributed by atoms with Gasteiger partial charge in [0.2, 0.25) is 6.54 Å². The number of carbonyl (C=O) groups excluding carboxylic acids is 1. The first-order valence-corrected chi connectivity index (χ1v) is 7.33. The van der Waals surface area contributed by atoms with E-state index in [1.165, 1.54) is 0 Å². The van der Waals surface area contributed by atoms with Crippen LogP contribution < -0.4 is 10.00 Å². The van der Waals surface area contributed by atoms with Gasteiger partial charge in [-0.25, -0.2) is 0 Å². The van der Waals surface area contributed by atoms with Crippen LogP contribution >= 0.6 is 0 Å². The van der Waals surface area contributed by atoms with Crippen molar-refractivity contribution in [1.82, 2.24) is 4.68 Å². The van der Waals surface area contributed by atoms with E-state index < -0.39 is 0 Å². The fourth-order valence-corrected chi connectivity index (χ4v) is 2.72. The van der Waals surface area contributed by atoms with Gasteiger partial charge in [-0.15, -0.1) is 4.68 Å². The summed E-state index contributed by atoms with van der Waals surface area (Å²) >= 11 is 0. The summed E-state index contributed by atoms with van der Waals surface area (Å²) in [5.74, 6) is -0.00241. The van der Waals surface area contributed by atoms with E-state index in [2.05, 4.69) is 30.8 Å². The van der Waals surface area contributed by atoms with Crippen LogP contribution in [0.3, 0.4) is 0 Å². The van der Waals surface area contributed by atoms with Crippen LogP contribution in [0.4, 0.5) is 5.69 Å². The van der Waals surface area contributed by atoms with E-state index in [1.807, 2.05) is 49.0 Å². The molecule has 1 aromatic carbocycles. The molecule has 22 heavy (non-hydrogen) atoms. The van der Waals surface area contributed by atoms with Crippen molar-refractivity contribution in [3.8, 4) is 0 Å². The smallest absolute Gasteiger partial charge is 0.292 e. The molecule has 2 rings (SSSR count). The Bertz CT molecular complexity index is 642. The average Bonchev–Trinajstić information content (AvgIpc) is 2.75. The molecule has 4 nitrogen and oxygen atoms in total. The van der Waals surface area contributed by atoms with Gasteiger partial charge in [0.25, 0.3) is 5.91 Å². The molecule has 0 aliphatic rings. The largest absolute Gasteiger partial charge is 0.320 e. The number of benzene rings is 1. The Hall–Kier alpha value is -0.996. The monoisotopic (exact) mass is 375 g/mol. The Morgan fingerprint density at radius 1 is 1.18 bits per heavy atom. The molecular weight excluding hydrogens is 351 g/mol. The molecule has 1 aromatic heterocycles. The molecule has 1 heterocycles. The first kappa shape index (κ1) is 19.1. The second-order valence-electron chi connectivity index (χ2n) is 5.81. The van der Waals surface area contributed by atoms with Gasteiger partial charge < -0.3 is 5.32 Å². The number of hydrogen-bond donors (Lipinski definition) is 1. The predicted octanol–water partition coefficient (Wildman–Crippen LogP) is 2.92. The predicted molar refractivity (Wildman–Crippen MR) is 84.3 cm³/mol. The van der Waals surface area contributed by atoms with Crippen molar-refractivity contribution in [3.63, 3.8) is 0 Å². The maximum Gasteiger partial charge on any atom is 0.292 e. The van der Waals surface area contributed by atoms with Crippen LogP contribution in [-0.4, -0.2) is 10.6 Å². The summed E-state index contributed by atoms with van der Waals surface area (Å²) in [5, 5.41) is 3.03. The van der Waals surface area contributed by atoms with Crippen molar-refractivity contribution in [2.24, 2.45) is 0 Å². The van der Waals surface area contributed by atoms with Crippen molar-refractivity contribution in [1.29, 1.82) is 0 Å². The third-order valence-electron chi connectivity index (χ3n) is 3.67. The van der Waals surface area contributed by atoms with Crippen molar-refractivity contribution < 1.29 is 42.2 Å². The first-order valence-electron chi connectivity index (χ1n) is 7.33. The number of aromatic nitrogens is 2. The summed E-state index contributed by atoms with van der Waals surface area (Å²) in [4.78, 5) is 12.3. The zero-order valence-corrected chi connectivity index (χ0v) is 16.9. The standard InChI is InChI=1S/C17H23N3O.Y/c1-12(2)20-15(5)9-10-19(20)11-16(21)18-17-13(3)7-6-8-14(17)4;/h6-10,12H,11H2,1-5H3;/p+1. The SMILES string of the molecule is Cc1cccc(C)c1NC(=O)C[n+]1ccc(C)n1C(C)C.[Y]. The second-order valence-corrected chi connectivity index (χ2v) is 5.81. The second kappa shape index (κ2) is 8.02. The van der Waals surface area contributed by atoms with E-state index in [4.69, 9.17) is 0 Å². The van der Waals surface area contributed by atoms with Gasteiger partial charge in [-0.2, -0.15) is 4.68 Å². The van der Waals surface area contributed by atoms with Crippen LogP contribution in [0.1, 0.15) is 36.7 Å². The summed E-state index contributed by atoms with van der Waals surface area (Å²) in [6.45, 7) is 10.6. The van der Waals surface area contributed by atoms with Gasteiger partial charge in [0.15, 0.2) is 6.20 Å². The number of para-hydroxylation sites is 1. The van der Waals surface area contributed by atoms with E-state index in [0.717, 1.165) is 22.5 Å². The van der Waals surface area contributed by atoms with Gasteiger partial charge in [0, 0.05) is 44.5 Å². The summed E-state index contributed by atoms with van der Waals surface area (Å²) in [6, 6.07) is 8.38. The van der Waals surface area contributed by atoms with Crippen LogP contribution in [0.5, 0.6) is 0 Å². The fraction of sp³-hybridized carbons (Fsp3) is 0.412. The molecule has 5 heteroatoms. The average molecular weight is 375 g/mol. The summed E-state index contributed by atoms with van der Waals surface area (Å²) < 4.78 is 4.09. The Morgan fingerprint density at radius 2 is 1.77 bits per heavy atom. The molecule has 1 radical (unpaired) electrons. The number of rotatable bonds is 4. The van der Waals surface area contributed by atoms with Gasteiger partial charge >= 0.3 is 0 Å². The number of anilines is 1. The maximum absolute atomic E-state index is 12.3. The van der Waals surface area contributed by atoms with Gasteiger partial charge in [-0.3, -0.25) is 4.79 Å². The number of hydrogen-bond acceptors (Lipinski definition) is 1. The topological polar surface area (TPSA) is 37.9 Å². The Kier molecular flexibility index (Phi) is 6.95. The van der Waals surface area contributed by atoms with E-state index in [0.29, 0.717) is 12.6 Å². The molecule has 1 amide bonds. The van der Waals surface area contributed by atoms with Crippen LogP contribution in [-0.2, 0) is 44.0 Å². The third kappa shape index (κ3) is 4.27. The Morgan fingerprint density at radius 3 is 2.32 bits per heavy atom. The molecule has 0 saturated heterocycles. The van der Waals surface area contributed by atoms with Gasteiger partial charge in [0.1, 0.15) is 0 Å². The molecule has 1 N–H and O–H groups in total. The van der Waals surface area contributed by atoms with Crippen LogP contribution in [0.15, 0.2) is 30.5 Å². The van der Waals surface area contributed by atoms with E-state index in [9.17, 15) is 4.79 Å². The van der Waals surface area contributed by atoms with Gasteiger partial charge in [0.05, 0.1) is 11.7 Å². The van der Waals surface area contributed by atoms with Gasteiger partial charge in [-0.05, 0) is 45.7 Å². The zero-order valence-electron chi connectivity index (χ0n) is 14.1. The van der Waals surface area contributed by atoms with Crippen LogP contribution in [0.2, 0.25) is 0 Å². The number of nitrogens with one attached hydrogen (secondary N) is 1. The summed E-state index contributed by atoms with van der Waals surface area (Å²) in [5.41, 5.74) is 4.25. The fourth-order valence-electron chi connectivity index (χ4n) is 2.72. The normalized spacial score (nSPS) is 10.5. The van der Waals surface area contributed by atoms with Crippen LogP contribution in [0, 0.1) is 20.8 Å². The van der Waals surface area contributed by atoms with Crippen molar-refractivity contribution in [2.75, 3.05) is 5.32 Å². The van der Waals surface area contributed by atoms with E-state index in [-0.39, 0.29) is 38.6 Å². The first-order chi connectivity index (χ1) is 9.90. The molecule has 0 spiro atoms. The van der Waals surface area contributed by atoms with Crippen molar-refractivity contribution in [2.45, 2.75) is 47.2 Å². The Labute approximate surface area is 157 Å². The molecule has 0 fully saturated rings. The van der Waals surface area contributed by atoms with Crippen LogP contribution in [0.25, 0.3) is 0 Å². The molecule has 2 aromatic rings. The van der Waals surface area contributed by atoms with E-state index in [1.54, 1.807) is 0 Å². The Balaban J connectivity index is 0.00000242. The molecule has 0 saturated carbocycles. The number of aryl methyl sites for hydroxylation is 3. The third-order valence-corrected chi connectivity index (χ3v) is 3.67. The summed E-state index contributed by atoms with van der Waals surface area (Å²) in [6.07, 6.45) is 1.96. The minimum atomic E-state index is -0.00241. The minimum absolute atomic E-state index is 0. The summed E-state index contributed by atoms with van der Waals surface area (Å²) in [7, 11) is 0. The van der Waals surface area contributed by atoms with E-state index >= 15 is 0 Å². The number of carbonyl (C=O) groups is 1. The number of nitrogens with zero attached hydrogens (tertiary/aromatic N) is 2. The van der Waals surface area contributed by atoms with Crippen molar-refractivity contribution >= 4 is 11.6 Å². The minimum Gasteiger partial charge on any atom is -0.320 e. The molecule has 0 aliphatic heterocycles. The molecule has 0 unspecified atom stereocenters. The molecule has 0 aliphatic carbocycles. The quantitative estimate of drug-likeness (QED) is 0.820. The molecule has 0 atom stereocenters. The number of amides is 1. The maximum atomic E-state index is 12.3. The van der Waals surface area contributed by atoms with Gasteiger partial charge in [-0.1, -0.05) is 18.2 Å². The molecule has 0 bridgehead atoms.